The van der Waals surface area contributed by atoms with E-state index < -0.39 is 11.6 Å². The maximum atomic E-state index is 13.8. The molecule has 0 aromatic heterocycles. The van der Waals surface area contributed by atoms with Crippen LogP contribution in [0, 0.1) is 11.6 Å². The minimum atomic E-state index is -0.594. The normalized spacial score (nSPS) is 15.5. The lowest BCUT2D eigenvalue weighted by molar-refractivity contribution is -0.683. The highest BCUT2D eigenvalue weighted by atomic mass is 19.1. The quantitative estimate of drug-likeness (QED) is 0.878. The second-order valence-corrected chi connectivity index (χ2v) is 6.58. The molecule has 0 aliphatic carbocycles. The zero-order valence-electron chi connectivity index (χ0n) is 14.8. The summed E-state index contributed by atoms with van der Waals surface area (Å²) in [6, 6.07) is 13.5. The van der Waals surface area contributed by atoms with Gasteiger partial charge in [-0.3, -0.25) is 4.79 Å². The number of hydrogen-bond donors (Lipinski definition) is 1. The zero-order chi connectivity index (χ0) is 18.5. The van der Waals surface area contributed by atoms with E-state index in [0.717, 1.165) is 12.5 Å². The summed E-state index contributed by atoms with van der Waals surface area (Å²) >= 11 is 0. The fourth-order valence-electron chi connectivity index (χ4n) is 3.21. The van der Waals surface area contributed by atoms with Crippen molar-refractivity contribution in [2.75, 3.05) is 19.6 Å². The number of quaternary nitrogens is 1. The molecule has 1 aliphatic rings. The van der Waals surface area contributed by atoms with Gasteiger partial charge in [-0.2, -0.15) is 0 Å². The van der Waals surface area contributed by atoms with Gasteiger partial charge in [-0.15, -0.1) is 0 Å². The van der Waals surface area contributed by atoms with E-state index >= 15 is 0 Å². The Hall–Kier alpha value is -2.53. The molecule has 2 N–H and O–H groups in total. The van der Waals surface area contributed by atoms with E-state index in [0.29, 0.717) is 18.7 Å². The van der Waals surface area contributed by atoms with Crippen molar-refractivity contribution >= 4 is 11.5 Å². The van der Waals surface area contributed by atoms with Gasteiger partial charge in [0.15, 0.2) is 6.54 Å². The van der Waals surface area contributed by atoms with Crippen molar-refractivity contribution in [1.82, 2.24) is 4.90 Å². The van der Waals surface area contributed by atoms with Crippen LogP contribution in [-0.4, -0.2) is 30.4 Å². The van der Waals surface area contributed by atoms with Crippen LogP contribution in [0.5, 0.6) is 0 Å². The van der Waals surface area contributed by atoms with Crippen molar-refractivity contribution in [2.24, 2.45) is 0 Å². The lowest BCUT2D eigenvalue weighted by atomic mass is 9.99. The van der Waals surface area contributed by atoms with E-state index in [1.54, 1.807) is 5.32 Å². The largest absolute Gasteiger partial charge is 0.334 e. The molecule has 136 valence electrons. The topological polar surface area (TPSA) is 36.9 Å². The third kappa shape index (κ3) is 4.35. The second-order valence-electron chi connectivity index (χ2n) is 6.58. The van der Waals surface area contributed by atoms with Gasteiger partial charge >= 0.3 is 0 Å². The fraction of sp³-hybridized carbons (Fsp3) is 0.286. The van der Waals surface area contributed by atoms with Crippen LogP contribution in [0.4, 0.5) is 8.78 Å². The van der Waals surface area contributed by atoms with Gasteiger partial charge in [-0.25, -0.2) is 8.78 Å². The Morgan fingerprint density at radius 1 is 1.19 bits per heavy atom. The zero-order valence-corrected chi connectivity index (χ0v) is 14.8. The molecule has 1 heterocycles. The monoisotopic (exact) mass is 357 g/mol. The first-order valence-corrected chi connectivity index (χ1v) is 8.85. The Balaban J connectivity index is 1.54. The molecule has 0 spiro atoms. The third-order valence-corrected chi connectivity index (χ3v) is 4.81. The van der Waals surface area contributed by atoms with E-state index in [1.165, 1.54) is 23.3 Å². The van der Waals surface area contributed by atoms with Crippen LogP contribution in [0.15, 0.2) is 54.6 Å². The molecule has 26 heavy (non-hydrogen) atoms. The van der Waals surface area contributed by atoms with Gasteiger partial charge < -0.3 is 10.2 Å². The minimum absolute atomic E-state index is 0.0303. The van der Waals surface area contributed by atoms with Gasteiger partial charge in [0.2, 0.25) is 0 Å². The first-order valence-electron chi connectivity index (χ1n) is 8.85. The van der Waals surface area contributed by atoms with Crippen molar-refractivity contribution in [3.63, 3.8) is 0 Å². The number of benzene rings is 2. The minimum Gasteiger partial charge on any atom is -0.334 e. The SMILES string of the molecule is C[C@H]([NH2+]CC(=O)N1CC=C(c2ccccc2)CC1)c1ccc(F)cc1F. The van der Waals surface area contributed by atoms with Crippen LogP contribution >= 0.6 is 0 Å². The maximum absolute atomic E-state index is 13.8. The molecule has 2 aromatic carbocycles. The Kier molecular flexibility index (Phi) is 5.78. The van der Waals surface area contributed by atoms with Crippen LogP contribution in [-0.2, 0) is 4.79 Å². The summed E-state index contributed by atoms with van der Waals surface area (Å²) in [6.07, 6.45) is 2.93. The van der Waals surface area contributed by atoms with Gasteiger partial charge in [0.1, 0.15) is 17.7 Å². The highest BCUT2D eigenvalue weighted by Crippen LogP contribution is 2.21. The summed E-state index contributed by atoms with van der Waals surface area (Å²) in [5, 5.41) is 1.79. The first-order chi connectivity index (χ1) is 12.5. The maximum Gasteiger partial charge on any atom is 0.277 e. The van der Waals surface area contributed by atoms with Gasteiger partial charge in [0.25, 0.3) is 5.91 Å². The summed E-state index contributed by atoms with van der Waals surface area (Å²) < 4.78 is 26.8. The Labute approximate surface area is 152 Å². The van der Waals surface area contributed by atoms with E-state index in [1.807, 2.05) is 30.0 Å². The van der Waals surface area contributed by atoms with Crippen molar-refractivity contribution in [3.8, 4) is 0 Å². The molecule has 2 aromatic rings. The molecule has 5 heteroatoms. The molecule has 1 atom stereocenters. The molecule has 1 aliphatic heterocycles. The summed E-state index contributed by atoms with van der Waals surface area (Å²) in [7, 11) is 0. The number of carbonyl (C=O) groups excluding carboxylic acids is 1. The molecule has 0 unspecified atom stereocenters. The van der Waals surface area contributed by atoms with Crippen molar-refractivity contribution in [3.05, 3.63) is 77.4 Å². The van der Waals surface area contributed by atoms with Gasteiger partial charge in [0, 0.05) is 24.7 Å². The van der Waals surface area contributed by atoms with Crippen LogP contribution < -0.4 is 5.32 Å². The molecule has 0 saturated heterocycles. The number of nitrogens with two attached hydrogens (primary N) is 1. The number of carbonyl (C=O) groups is 1. The predicted molar refractivity (Wildman–Crippen MR) is 97.2 cm³/mol. The Morgan fingerprint density at radius 2 is 1.96 bits per heavy atom. The summed E-state index contributed by atoms with van der Waals surface area (Å²) in [5.74, 6) is -1.14. The Morgan fingerprint density at radius 3 is 2.62 bits per heavy atom. The number of rotatable bonds is 5. The number of nitrogens with zero attached hydrogens (tertiary/aromatic N) is 1. The molecular weight excluding hydrogens is 334 g/mol. The number of halogens is 2. The van der Waals surface area contributed by atoms with E-state index in [2.05, 4.69) is 18.2 Å². The van der Waals surface area contributed by atoms with Gasteiger partial charge in [-0.05, 0) is 36.6 Å². The highest BCUT2D eigenvalue weighted by molar-refractivity contribution is 5.79. The van der Waals surface area contributed by atoms with Crippen LogP contribution in [0.1, 0.15) is 30.5 Å². The fourth-order valence-corrected chi connectivity index (χ4v) is 3.21. The van der Waals surface area contributed by atoms with Crippen molar-refractivity contribution < 1.29 is 18.9 Å². The molecule has 0 radical (unpaired) electrons. The lowest BCUT2D eigenvalue weighted by Crippen LogP contribution is -2.87. The van der Waals surface area contributed by atoms with Crippen molar-refractivity contribution in [1.29, 1.82) is 0 Å². The van der Waals surface area contributed by atoms with Crippen molar-refractivity contribution in [2.45, 2.75) is 19.4 Å². The summed E-state index contributed by atoms with van der Waals surface area (Å²) in [6.45, 7) is 3.34. The molecule has 0 saturated carbocycles. The molecule has 0 bridgehead atoms. The van der Waals surface area contributed by atoms with Crippen LogP contribution in [0.25, 0.3) is 5.57 Å². The van der Waals surface area contributed by atoms with E-state index in [-0.39, 0.29) is 18.5 Å². The summed E-state index contributed by atoms with van der Waals surface area (Å²) in [5.41, 5.74) is 2.87. The molecule has 3 rings (SSSR count). The smallest absolute Gasteiger partial charge is 0.277 e. The standard InChI is InChI=1S/C21H22F2N2O/c1-15(19-8-7-18(22)13-20(19)23)24-14-21(26)25-11-9-17(10-12-25)16-5-3-2-4-6-16/h2-9,13,15,24H,10-12,14H2,1H3/p+1/t15-/m0/s1. The average Bonchev–Trinajstić information content (AvgIpc) is 2.66. The number of hydrogen-bond acceptors (Lipinski definition) is 1. The second kappa shape index (κ2) is 8.23. The predicted octanol–water partition coefficient (Wildman–Crippen LogP) is 2.91. The molecular formula is C21H23F2N2O+. The third-order valence-electron chi connectivity index (χ3n) is 4.81. The van der Waals surface area contributed by atoms with Gasteiger partial charge in [0.05, 0.1) is 0 Å². The highest BCUT2D eigenvalue weighted by Gasteiger charge is 2.21. The van der Waals surface area contributed by atoms with Gasteiger partial charge in [-0.1, -0.05) is 36.4 Å². The first kappa shape index (κ1) is 18.3. The molecule has 1 amide bonds. The van der Waals surface area contributed by atoms with E-state index in [4.69, 9.17) is 0 Å². The van der Waals surface area contributed by atoms with E-state index in [9.17, 15) is 13.6 Å². The van der Waals surface area contributed by atoms with Crippen LogP contribution in [0.2, 0.25) is 0 Å². The molecule has 0 fully saturated rings. The number of amides is 1. The lowest BCUT2D eigenvalue weighted by Gasteiger charge is -2.26. The summed E-state index contributed by atoms with van der Waals surface area (Å²) in [4.78, 5) is 14.2. The van der Waals surface area contributed by atoms with Crippen LogP contribution in [0.3, 0.4) is 0 Å². The Bertz CT molecular complexity index is 805. The average molecular weight is 357 g/mol. The molecule has 3 nitrogen and oxygen atoms in total.